The molecule has 0 aromatic heterocycles. The molecule has 0 N–H and O–H groups in total. The summed E-state index contributed by atoms with van der Waals surface area (Å²) in [5.74, 6) is 0.672. The van der Waals surface area contributed by atoms with Crippen molar-refractivity contribution in [3.8, 4) is 0 Å². The Bertz CT molecular complexity index is 470. The van der Waals surface area contributed by atoms with Crippen molar-refractivity contribution in [1.82, 2.24) is 0 Å². The molecule has 2 nitrogen and oxygen atoms in total. The maximum Gasteiger partial charge on any atom is 0.175 e. The van der Waals surface area contributed by atoms with Gasteiger partial charge in [0.25, 0.3) is 0 Å². The molecule has 3 heteroatoms. The van der Waals surface area contributed by atoms with Crippen molar-refractivity contribution in [2.24, 2.45) is 0 Å². The number of Topliss-reactive ketones (excluding diaryl/α,β-unsaturated/α-hetero) is 1. The van der Waals surface area contributed by atoms with Gasteiger partial charge in [-0.15, -0.1) is 0 Å². The van der Waals surface area contributed by atoms with Crippen molar-refractivity contribution < 1.29 is 9.00 Å². The van der Waals surface area contributed by atoms with Crippen molar-refractivity contribution in [3.63, 3.8) is 0 Å². The first-order valence-corrected chi connectivity index (χ1v) is 8.96. The van der Waals surface area contributed by atoms with E-state index in [-0.39, 0.29) is 16.8 Å². The third-order valence-corrected chi connectivity index (χ3v) is 5.86. The van der Waals surface area contributed by atoms with Gasteiger partial charge in [-0.05, 0) is 24.3 Å². The molecule has 0 spiro atoms. The van der Waals surface area contributed by atoms with Gasteiger partial charge in [-0.3, -0.25) is 9.00 Å². The van der Waals surface area contributed by atoms with Crippen molar-refractivity contribution in [2.75, 3.05) is 5.75 Å². The van der Waals surface area contributed by atoms with Gasteiger partial charge in [-0.1, -0.05) is 57.4 Å². The molecule has 0 saturated heterocycles. The molecule has 0 radical (unpaired) electrons. The predicted octanol–water partition coefficient (Wildman–Crippen LogP) is 4.07. The van der Waals surface area contributed by atoms with E-state index in [4.69, 9.17) is 0 Å². The maximum absolute atomic E-state index is 12.2. The van der Waals surface area contributed by atoms with E-state index in [1.807, 2.05) is 24.3 Å². The third-order valence-electron chi connectivity index (χ3n) is 4.10. The molecule has 1 fully saturated rings. The summed E-state index contributed by atoms with van der Waals surface area (Å²) in [6.45, 7) is 4.27. The van der Waals surface area contributed by atoms with E-state index in [1.54, 1.807) is 0 Å². The second kappa shape index (κ2) is 7.16. The van der Waals surface area contributed by atoms with Crippen molar-refractivity contribution in [1.29, 1.82) is 0 Å². The van der Waals surface area contributed by atoms with Gasteiger partial charge >= 0.3 is 0 Å². The van der Waals surface area contributed by atoms with Crippen molar-refractivity contribution >= 4 is 16.6 Å². The van der Waals surface area contributed by atoms with Crippen LogP contribution < -0.4 is 0 Å². The largest absolute Gasteiger partial charge is 0.293 e. The van der Waals surface area contributed by atoms with Gasteiger partial charge in [0.05, 0.1) is 5.75 Å². The Hall–Kier alpha value is -0.960. The molecule has 1 atom stereocenters. The molecular weight excluding hydrogens is 268 g/mol. The van der Waals surface area contributed by atoms with Crippen LogP contribution in [-0.4, -0.2) is 21.0 Å². The summed E-state index contributed by atoms with van der Waals surface area (Å²) < 4.78 is 12.2. The minimum Gasteiger partial charge on any atom is -0.293 e. The van der Waals surface area contributed by atoms with Crippen LogP contribution in [0.15, 0.2) is 24.3 Å². The number of benzene rings is 1. The SMILES string of the molecule is CC(C)c1ccc(C(=O)CS(=O)C2CCCCC2)cc1. The fourth-order valence-electron chi connectivity index (χ4n) is 2.71. The summed E-state index contributed by atoms with van der Waals surface area (Å²) in [5.41, 5.74) is 1.92. The number of ketones is 1. The second-order valence-electron chi connectivity index (χ2n) is 5.98. The standard InChI is InChI=1S/C17H24O2S/c1-13(2)14-8-10-15(11-9-14)17(18)12-20(19)16-6-4-3-5-7-16/h8-11,13,16H,3-7,12H2,1-2H3. The number of carbonyl (C=O) groups is 1. The van der Waals surface area contributed by atoms with Crippen LogP contribution in [0.5, 0.6) is 0 Å². The quantitative estimate of drug-likeness (QED) is 0.766. The van der Waals surface area contributed by atoms with Gasteiger partial charge in [0.1, 0.15) is 0 Å². The Kier molecular flexibility index (Phi) is 5.53. The molecule has 1 aromatic carbocycles. The van der Waals surface area contributed by atoms with Crippen molar-refractivity contribution in [3.05, 3.63) is 35.4 Å². The fourth-order valence-corrected chi connectivity index (χ4v) is 4.23. The first-order chi connectivity index (χ1) is 9.58. The number of hydrogen-bond acceptors (Lipinski definition) is 2. The van der Waals surface area contributed by atoms with Gasteiger partial charge in [0, 0.05) is 21.6 Å². The van der Waals surface area contributed by atoms with Crippen LogP contribution in [0.2, 0.25) is 0 Å². The van der Waals surface area contributed by atoms with Gasteiger partial charge < -0.3 is 0 Å². The minimum absolute atomic E-state index is 0.0178. The number of carbonyl (C=O) groups excluding carboxylic acids is 1. The molecule has 1 aliphatic rings. The molecular formula is C17H24O2S. The zero-order valence-corrected chi connectivity index (χ0v) is 13.2. The zero-order chi connectivity index (χ0) is 14.5. The summed E-state index contributed by atoms with van der Waals surface area (Å²) in [7, 11) is -1.00. The molecule has 1 saturated carbocycles. The molecule has 1 unspecified atom stereocenters. The average molecular weight is 292 g/mol. The first-order valence-electron chi connectivity index (χ1n) is 7.58. The fraction of sp³-hybridized carbons (Fsp3) is 0.588. The Balaban J connectivity index is 1.95. The number of hydrogen-bond donors (Lipinski definition) is 0. The first kappa shape index (κ1) is 15.4. The molecule has 20 heavy (non-hydrogen) atoms. The Morgan fingerprint density at radius 3 is 2.30 bits per heavy atom. The second-order valence-corrected chi connectivity index (χ2v) is 7.70. The van der Waals surface area contributed by atoms with E-state index >= 15 is 0 Å². The summed E-state index contributed by atoms with van der Waals surface area (Å²) in [6, 6.07) is 7.74. The molecule has 0 amide bonds. The van der Waals surface area contributed by atoms with Crippen molar-refractivity contribution in [2.45, 2.75) is 57.1 Å². The average Bonchev–Trinajstić information content (AvgIpc) is 2.48. The van der Waals surface area contributed by atoms with Crippen LogP contribution in [-0.2, 0) is 10.8 Å². The van der Waals surface area contributed by atoms with E-state index < -0.39 is 10.8 Å². The summed E-state index contributed by atoms with van der Waals surface area (Å²) >= 11 is 0. The number of rotatable bonds is 5. The summed E-state index contributed by atoms with van der Waals surface area (Å²) in [6.07, 6.45) is 5.61. The summed E-state index contributed by atoms with van der Waals surface area (Å²) in [5, 5.41) is 0.239. The van der Waals surface area contributed by atoms with Crippen LogP contribution in [0.4, 0.5) is 0 Å². The highest BCUT2D eigenvalue weighted by Gasteiger charge is 2.22. The highest BCUT2D eigenvalue weighted by molar-refractivity contribution is 7.86. The van der Waals surface area contributed by atoms with Gasteiger partial charge in [-0.25, -0.2) is 0 Å². The van der Waals surface area contributed by atoms with Crippen LogP contribution in [0, 0.1) is 0 Å². The normalized spacial score (nSPS) is 18.1. The minimum atomic E-state index is -1.00. The maximum atomic E-state index is 12.2. The van der Waals surface area contributed by atoms with E-state index in [0.29, 0.717) is 11.5 Å². The highest BCUT2D eigenvalue weighted by Crippen LogP contribution is 2.22. The topological polar surface area (TPSA) is 34.1 Å². The monoisotopic (exact) mass is 292 g/mol. The highest BCUT2D eigenvalue weighted by atomic mass is 32.2. The van der Waals surface area contributed by atoms with Crippen LogP contribution in [0.3, 0.4) is 0 Å². The van der Waals surface area contributed by atoms with E-state index in [0.717, 1.165) is 25.7 Å². The Labute approximate surface area is 124 Å². The van der Waals surface area contributed by atoms with Gasteiger partial charge in [0.15, 0.2) is 5.78 Å². The molecule has 2 rings (SSSR count). The lowest BCUT2D eigenvalue weighted by Gasteiger charge is -2.20. The molecule has 1 aromatic rings. The lowest BCUT2D eigenvalue weighted by atomic mass is 10.0. The van der Waals surface area contributed by atoms with Crippen LogP contribution >= 0.6 is 0 Å². The van der Waals surface area contributed by atoms with Gasteiger partial charge in [-0.2, -0.15) is 0 Å². The Morgan fingerprint density at radius 2 is 1.75 bits per heavy atom. The smallest absolute Gasteiger partial charge is 0.175 e. The lowest BCUT2D eigenvalue weighted by Crippen LogP contribution is -2.24. The molecule has 0 aliphatic heterocycles. The third kappa shape index (κ3) is 4.02. The van der Waals surface area contributed by atoms with E-state index in [2.05, 4.69) is 13.8 Å². The predicted molar refractivity (Wildman–Crippen MR) is 84.7 cm³/mol. The zero-order valence-electron chi connectivity index (χ0n) is 12.4. The van der Waals surface area contributed by atoms with Gasteiger partial charge in [0.2, 0.25) is 0 Å². The molecule has 0 bridgehead atoms. The molecule has 1 aliphatic carbocycles. The van der Waals surface area contributed by atoms with E-state index in [1.165, 1.54) is 12.0 Å². The van der Waals surface area contributed by atoms with Crippen LogP contribution in [0.1, 0.15) is 67.8 Å². The molecule has 0 heterocycles. The molecule has 110 valence electrons. The lowest BCUT2D eigenvalue weighted by molar-refractivity contribution is 0.102. The van der Waals surface area contributed by atoms with Crippen LogP contribution in [0.25, 0.3) is 0 Å². The van der Waals surface area contributed by atoms with E-state index in [9.17, 15) is 9.00 Å². The summed E-state index contributed by atoms with van der Waals surface area (Å²) in [4.78, 5) is 12.2. The Morgan fingerprint density at radius 1 is 1.15 bits per heavy atom.